The van der Waals surface area contributed by atoms with Crippen LogP contribution in [0.1, 0.15) is 27.7 Å². The molecule has 0 radical (unpaired) electrons. The first-order chi connectivity index (χ1) is 7.95. The largest absolute Gasteiger partial charge is 0.317 e. The molecule has 0 saturated heterocycles. The molecular formula is C14H33N3. The molecule has 0 saturated carbocycles. The molecule has 0 aromatic rings. The van der Waals surface area contributed by atoms with Gasteiger partial charge in [-0.15, -0.1) is 0 Å². The zero-order valence-electron chi connectivity index (χ0n) is 12.8. The third-order valence-electron chi connectivity index (χ3n) is 2.80. The molecule has 0 amide bonds. The molecule has 1 N–H and O–H groups in total. The number of hydrogen-bond acceptors (Lipinski definition) is 3. The molecule has 0 aliphatic heterocycles. The normalized spacial score (nSPS) is 13.9. The molecule has 0 heterocycles. The minimum atomic E-state index is 0.732. The van der Waals surface area contributed by atoms with Gasteiger partial charge in [0.05, 0.1) is 0 Å². The molecule has 1 atom stereocenters. The summed E-state index contributed by atoms with van der Waals surface area (Å²) in [4.78, 5) is 4.87. The summed E-state index contributed by atoms with van der Waals surface area (Å²) < 4.78 is 0. The van der Waals surface area contributed by atoms with E-state index in [1.165, 1.54) is 19.6 Å². The highest BCUT2D eigenvalue weighted by Crippen LogP contribution is 2.03. The van der Waals surface area contributed by atoms with E-state index >= 15 is 0 Å². The molecule has 1 unspecified atom stereocenters. The number of rotatable bonds is 10. The highest BCUT2D eigenvalue weighted by molar-refractivity contribution is 4.67. The maximum Gasteiger partial charge on any atom is 0.0109 e. The van der Waals surface area contributed by atoms with Gasteiger partial charge in [-0.25, -0.2) is 0 Å². The van der Waals surface area contributed by atoms with Crippen LogP contribution in [-0.4, -0.2) is 63.2 Å². The molecule has 17 heavy (non-hydrogen) atoms. The second kappa shape index (κ2) is 9.86. The highest BCUT2D eigenvalue weighted by Gasteiger charge is 2.11. The van der Waals surface area contributed by atoms with E-state index in [9.17, 15) is 0 Å². The second-order valence-corrected chi connectivity index (χ2v) is 5.87. The van der Waals surface area contributed by atoms with Gasteiger partial charge in [0.1, 0.15) is 0 Å². The van der Waals surface area contributed by atoms with Crippen LogP contribution in [0, 0.1) is 11.8 Å². The molecule has 3 heteroatoms. The van der Waals surface area contributed by atoms with Gasteiger partial charge in [0, 0.05) is 26.2 Å². The Morgan fingerprint density at radius 3 is 2.12 bits per heavy atom. The lowest BCUT2D eigenvalue weighted by Crippen LogP contribution is -2.39. The van der Waals surface area contributed by atoms with Gasteiger partial charge in [-0.3, -0.25) is 0 Å². The monoisotopic (exact) mass is 243 g/mol. The van der Waals surface area contributed by atoms with Crippen molar-refractivity contribution < 1.29 is 0 Å². The van der Waals surface area contributed by atoms with Gasteiger partial charge in [0.2, 0.25) is 0 Å². The Labute approximate surface area is 109 Å². The predicted molar refractivity (Wildman–Crippen MR) is 77.5 cm³/mol. The van der Waals surface area contributed by atoms with Gasteiger partial charge in [-0.1, -0.05) is 27.7 Å². The van der Waals surface area contributed by atoms with E-state index in [4.69, 9.17) is 0 Å². The summed E-state index contributed by atoms with van der Waals surface area (Å²) in [5.74, 6) is 1.49. The van der Waals surface area contributed by atoms with Crippen LogP contribution >= 0.6 is 0 Å². The highest BCUT2D eigenvalue weighted by atomic mass is 15.2. The van der Waals surface area contributed by atoms with Gasteiger partial charge >= 0.3 is 0 Å². The van der Waals surface area contributed by atoms with E-state index in [1.54, 1.807) is 0 Å². The lowest BCUT2D eigenvalue weighted by atomic mass is 10.1. The van der Waals surface area contributed by atoms with Crippen LogP contribution in [0.25, 0.3) is 0 Å². The standard InChI is InChI=1S/C14H33N3/c1-7-15-10-14(4)12-17(11-13(2)3)9-8-16(5)6/h13-15H,7-12H2,1-6H3. The SMILES string of the molecule is CCNCC(C)CN(CCN(C)C)CC(C)C. The van der Waals surface area contributed by atoms with E-state index < -0.39 is 0 Å². The average Bonchev–Trinajstić information content (AvgIpc) is 2.22. The van der Waals surface area contributed by atoms with Gasteiger partial charge in [-0.05, 0) is 39.0 Å². The van der Waals surface area contributed by atoms with Crippen molar-refractivity contribution in [1.29, 1.82) is 0 Å². The Hall–Kier alpha value is -0.120. The van der Waals surface area contributed by atoms with Crippen molar-refractivity contribution in [3.05, 3.63) is 0 Å². The summed E-state index contributed by atoms with van der Waals surface area (Å²) in [6.45, 7) is 16.1. The van der Waals surface area contributed by atoms with Crippen molar-refractivity contribution in [2.45, 2.75) is 27.7 Å². The molecule has 0 aliphatic carbocycles. The minimum absolute atomic E-state index is 0.732. The third-order valence-corrected chi connectivity index (χ3v) is 2.80. The zero-order chi connectivity index (χ0) is 13.3. The van der Waals surface area contributed by atoms with Crippen molar-refractivity contribution in [2.75, 3.05) is 53.4 Å². The van der Waals surface area contributed by atoms with E-state index in [0.29, 0.717) is 0 Å². The molecule has 0 spiro atoms. The fraction of sp³-hybridized carbons (Fsp3) is 1.00. The van der Waals surface area contributed by atoms with Crippen LogP contribution < -0.4 is 5.32 Å². The molecule has 0 aliphatic rings. The van der Waals surface area contributed by atoms with Gasteiger partial charge in [0.15, 0.2) is 0 Å². The third kappa shape index (κ3) is 10.7. The Morgan fingerprint density at radius 1 is 1.00 bits per heavy atom. The Morgan fingerprint density at radius 2 is 1.65 bits per heavy atom. The van der Waals surface area contributed by atoms with E-state index in [0.717, 1.165) is 31.5 Å². The fourth-order valence-corrected chi connectivity index (χ4v) is 2.01. The Kier molecular flexibility index (Phi) is 9.79. The van der Waals surface area contributed by atoms with Crippen molar-refractivity contribution in [2.24, 2.45) is 11.8 Å². The smallest absolute Gasteiger partial charge is 0.0109 e. The summed E-state index contributed by atoms with van der Waals surface area (Å²) in [5.41, 5.74) is 0. The van der Waals surface area contributed by atoms with Gasteiger partial charge in [0.25, 0.3) is 0 Å². The second-order valence-electron chi connectivity index (χ2n) is 5.87. The number of nitrogens with zero attached hydrogens (tertiary/aromatic N) is 2. The van der Waals surface area contributed by atoms with Crippen LogP contribution in [0.5, 0.6) is 0 Å². The summed E-state index contributed by atoms with van der Waals surface area (Å²) in [6, 6.07) is 0. The number of nitrogens with one attached hydrogen (secondary N) is 1. The average molecular weight is 243 g/mol. The number of hydrogen-bond donors (Lipinski definition) is 1. The van der Waals surface area contributed by atoms with Crippen LogP contribution in [-0.2, 0) is 0 Å². The maximum atomic E-state index is 3.43. The lowest BCUT2D eigenvalue weighted by molar-refractivity contribution is 0.193. The van der Waals surface area contributed by atoms with Crippen LogP contribution in [0.15, 0.2) is 0 Å². The molecule has 0 rings (SSSR count). The molecule has 104 valence electrons. The molecule has 0 bridgehead atoms. The topological polar surface area (TPSA) is 18.5 Å². The fourth-order valence-electron chi connectivity index (χ4n) is 2.01. The Balaban J connectivity index is 3.98. The van der Waals surface area contributed by atoms with E-state index in [1.807, 2.05) is 0 Å². The van der Waals surface area contributed by atoms with Gasteiger partial charge < -0.3 is 15.1 Å². The molecule has 0 aromatic heterocycles. The van der Waals surface area contributed by atoms with E-state index in [2.05, 4.69) is 56.9 Å². The van der Waals surface area contributed by atoms with E-state index in [-0.39, 0.29) is 0 Å². The van der Waals surface area contributed by atoms with Gasteiger partial charge in [-0.2, -0.15) is 0 Å². The first-order valence-electron chi connectivity index (χ1n) is 7.03. The van der Waals surface area contributed by atoms with Crippen molar-refractivity contribution >= 4 is 0 Å². The summed E-state index contributed by atoms with van der Waals surface area (Å²) in [5, 5.41) is 3.43. The van der Waals surface area contributed by atoms with Crippen molar-refractivity contribution in [3.8, 4) is 0 Å². The molecular weight excluding hydrogens is 210 g/mol. The lowest BCUT2D eigenvalue weighted by Gasteiger charge is -2.28. The first kappa shape index (κ1) is 16.9. The molecule has 0 fully saturated rings. The van der Waals surface area contributed by atoms with Crippen LogP contribution in [0.2, 0.25) is 0 Å². The summed E-state index contributed by atoms with van der Waals surface area (Å²) in [6.07, 6.45) is 0. The predicted octanol–water partition coefficient (Wildman–Crippen LogP) is 1.75. The Bertz CT molecular complexity index is 169. The quantitative estimate of drug-likeness (QED) is 0.631. The van der Waals surface area contributed by atoms with Crippen LogP contribution in [0.3, 0.4) is 0 Å². The number of likely N-dealkylation sites (N-methyl/N-ethyl adjacent to an activating group) is 1. The summed E-state index contributed by atoms with van der Waals surface area (Å²) in [7, 11) is 4.30. The summed E-state index contributed by atoms with van der Waals surface area (Å²) >= 11 is 0. The van der Waals surface area contributed by atoms with Crippen molar-refractivity contribution in [3.63, 3.8) is 0 Å². The minimum Gasteiger partial charge on any atom is -0.317 e. The maximum absolute atomic E-state index is 3.43. The van der Waals surface area contributed by atoms with Crippen LogP contribution in [0.4, 0.5) is 0 Å². The van der Waals surface area contributed by atoms with Crippen molar-refractivity contribution in [1.82, 2.24) is 15.1 Å². The molecule has 3 nitrogen and oxygen atoms in total. The first-order valence-corrected chi connectivity index (χ1v) is 7.03. The molecule has 0 aromatic carbocycles. The zero-order valence-corrected chi connectivity index (χ0v) is 12.8.